The number of ether oxygens (including phenoxy) is 2. The summed E-state index contributed by atoms with van der Waals surface area (Å²) in [6.45, 7) is 0. The van der Waals surface area contributed by atoms with Gasteiger partial charge in [0.15, 0.2) is 5.75 Å². The van der Waals surface area contributed by atoms with Crippen LogP contribution in [0.4, 0.5) is 10.6 Å². The molecule has 0 bridgehead atoms. The number of nitrogen functional groups attached to an aromatic ring is 1. The summed E-state index contributed by atoms with van der Waals surface area (Å²) in [7, 11) is 1.25. The number of hydrogen-bond acceptors (Lipinski definition) is 5. The summed E-state index contributed by atoms with van der Waals surface area (Å²) in [6.07, 6.45) is 2.46. The molecule has 0 aromatic carbocycles. The van der Waals surface area contributed by atoms with Gasteiger partial charge in [-0.05, 0) is 12.1 Å². The first-order valence-corrected chi connectivity index (χ1v) is 4.19. The second-order valence-electron chi connectivity index (χ2n) is 2.85. The largest absolute Gasteiger partial charge is 0.513 e. The molecule has 0 amide bonds. The molecule has 0 radical (unpaired) electrons. The van der Waals surface area contributed by atoms with Gasteiger partial charge in [0.2, 0.25) is 0 Å². The number of fused-ring (bicyclic) bond motifs is 1. The third-order valence-corrected chi connectivity index (χ3v) is 1.81. The number of nitrogens with zero attached hydrogens (tertiary/aromatic N) is 2. The molecule has 0 unspecified atom stereocenters. The van der Waals surface area contributed by atoms with Crippen LogP contribution in [0.1, 0.15) is 0 Å². The molecule has 2 aromatic heterocycles. The molecule has 0 saturated heterocycles. The Balaban J connectivity index is 2.33. The normalized spacial score (nSPS) is 10.2. The maximum atomic E-state index is 10.8. The number of pyridine rings is 1. The zero-order valence-corrected chi connectivity index (χ0v) is 8.01. The highest BCUT2D eigenvalue weighted by atomic mass is 16.7. The molecule has 15 heavy (non-hydrogen) atoms. The first-order chi connectivity index (χ1) is 7.19. The first-order valence-electron chi connectivity index (χ1n) is 4.19. The highest BCUT2D eigenvalue weighted by molar-refractivity contribution is 5.63. The minimum atomic E-state index is -0.762. The van der Waals surface area contributed by atoms with Crippen LogP contribution < -0.4 is 10.5 Å². The van der Waals surface area contributed by atoms with E-state index >= 15 is 0 Å². The molecule has 0 spiro atoms. The van der Waals surface area contributed by atoms with E-state index in [1.54, 1.807) is 28.9 Å². The van der Waals surface area contributed by atoms with E-state index in [0.717, 1.165) is 0 Å². The molecule has 0 aliphatic carbocycles. The molecule has 2 heterocycles. The van der Waals surface area contributed by atoms with E-state index in [1.165, 1.54) is 7.11 Å². The molecule has 0 saturated carbocycles. The quantitative estimate of drug-likeness (QED) is 0.707. The van der Waals surface area contributed by atoms with Crippen molar-refractivity contribution in [3.8, 4) is 5.75 Å². The van der Waals surface area contributed by atoms with Gasteiger partial charge in [0, 0.05) is 0 Å². The number of nitrogens with two attached hydrogens (primary N) is 1. The van der Waals surface area contributed by atoms with Crippen molar-refractivity contribution < 1.29 is 14.3 Å². The van der Waals surface area contributed by atoms with Crippen LogP contribution >= 0.6 is 0 Å². The van der Waals surface area contributed by atoms with Gasteiger partial charge in [-0.2, -0.15) is 0 Å². The molecular weight excluding hydrogens is 198 g/mol. The summed E-state index contributed by atoms with van der Waals surface area (Å²) in [4.78, 5) is 14.9. The number of carbonyl (C=O) groups excluding carboxylic acids is 1. The summed E-state index contributed by atoms with van der Waals surface area (Å²) in [6, 6.07) is 3.30. The van der Waals surface area contributed by atoms with Crippen LogP contribution in [0.5, 0.6) is 5.75 Å². The Morgan fingerprint density at radius 1 is 1.47 bits per heavy atom. The molecule has 2 aromatic rings. The van der Waals surface area contributed by atoms with E-state index in [9.17, 15) is 4.79 Å². The number of imidazole rings is 1. The number of carbonyl (C=O) groups is 1. The minimum Gasteiger partial charge on any atom is -0.437 e. The standard InChI is InChI=1S/C9H9N3O3/c1-14-9(13)15-6-2-3-8-11-7(10)5-12(8)4-6/h2-5H,10H2,1H3. The number of methoxy groups -OCH3 is 1. The van der Waals surface area contributed by atoms with Crippen LogP contribution in [0.3, 0.4) is 0 Å². The predicted molar refractivity (Wildman–Crippen MR) is 52.6 cm³/mol. The first kappa shape index (κ1) is 9.32. The number of hydrogen-bond donors (Lipinski definition) is 1. The van der Waals surface area contributed by atoms with Crippen LogP contribution in [0.25, 0.3) is 5.65 Å². The van der Waals surface area contributed by atoms with Gasteiger partial charge in [0.05, 0.1) is 19.5 Å². The van der Waals surface area contributed by atoms with Crippen molar-refractivity contribution in [3.05, 3.63) is 24.5 Å². The maximum absolute atomic E-state index is 10.8. The Kier molecular flexibility index (Phi) is 2.17. The maximum Gasteiger partial charge on any atom is 0.513 e. The van der Waals surface area contributed by atoms with Gasteiger partial charge < -0.3 is 19.6 Å². The summed E-state index contributed by atoms with van der Waals surface area (Å²) < 4.78 is 10.9. The highest BCUT2D eigenvalue weighted by Gasteiger charge is 2.05. The molecule has 0 atom stereocenters. The van der Waals surface area contributed by atoms with Gasteiger partial charge >= 0.3 is 6.16 Å². The summed E-state index contributed by atoms with van der Waals surface area (Å²) in [5, 5.41) is 0. The SMILES string of the molecule is COC(=O)Oc1ccc2nc(N)cn2c1. The third kappa shape index (κ3) is 1.83. The molecule has 2 rings (SSSR count). The van der Waals surface area contributed by atoms with E-state index < -0.39 is 6.16 Å². The Morgan fingerprint density at radius 3 is 3.00 bits per heavy atom. The minimum absolute atomic E-state index is 0.367. The summed E-state index contributed by atoms with van der Waals surface area (Å²) >= 11 is 0. The molecule has 0 aliphatic rings. The molecule has 6 heteroatoms. The molecule has 78 valence electrons. The van der Waals surface area contributed by atoms with Gasteiger partial charge in [-0.25, -0.2) is 9.78 Å². The zero-order chi connectivity index (χ0) is 10.8. The molecule has 0 aliphatic heterocycles. The molecular formula is C9H9N3O3. The Labute approximate surface area is 85.2 Å². The van der Waals surface area contributed by atoms with Crippen molar-refractivity contribution in [2.45, 2.75) is 0 Å². The van der Waals surface area contributed by atoms with Crippen LogP contribution in [0.15, 0.2) is 24.5 Å². The van der Waals surface area contributed by atoms with Crippen molar-refractivity contribution in [1.82, 2.24) is 9.38 Å². The van der Waals surface area contributed by atoms with Gasteiger partial charge in [-0.15, -0.1) is 0 Å². The predicted octanol–water partition coefficient (Wildman–Crippen LogP) is 1.06. The molecule has 6 nitrogen and oxygen atoms in total. The fraction of sp³-hybridized carbons (Fsp3) is 0.111. The molecule has 2 N–H and O–H groups in total. The molecule has 0 fully saturated rings. The van der Waals surface area contributed by atoms with Crippen LogP contribution in [-0.2, 0) is 4.74 Å². The number of anilines is 1. The van der Waals surface area contributed by atoms with E-state index in [2.05, 4.69) is 9.72 Å². The smallest absolute Gasteiger partial charge is 0.437 e. The number of aromatic nitrogens is 2. The third-order valence-electron chi connectivity index (χ3n) is 1.81. The summed E-state index contributed by atoms with van der Waals surface area (Å²) in [5.74, 6) is 0.775. The fourth-order valence-corrected chi connectivity index (χ4v) is 1.19. The lowest BCUT2D eigenvalue weighted by atomic mass is 10.4. The lowest BCUT2D eigenvalue weighted by Crippen LogP contribution is -2.07. The zero-order valence-electron chi connectivity index (χ0n) is 8.01. The lowest BCUT2D eigenvalue weighted by Gasteiger charge is -2.02. The average Bonchev–Trinajstić information content (AvgIpc) is 2.57. The van der Waals surface area contributed by atoms with E-state index in [1.807, 2.05) is 0 Å². The van der Waals surface area contributed by atoms with Crippen LogP contribution in [0, 0.1) is 0 Å². The Bertz CT molecular complexity index is 506. The van der Waals surface area contributed by atoms with Gasteiger partial charge in [-0.1, -0.05) is 0 Å². The van der Waals surface area contributed by atoms with Crippen molar-refractivity contribution in [3.63, 3.8) is 0 Å². The van der Waals surface area contributed by atoms with Crippen molar-refractivity contribution in [2.75, 3.05) is 12.8 Å². The summed E-state index contributed by atoms with van der Waals surface area (Å²) in [5.41, 5.74) is 6.19. The van der Waals surface area contributed by atoms with Crippen molar-refractivity contribution >= 4 is 17.6 Å². The van der Waals surface area contributed by atoms with E-state index in [4.69, 9.17) is 10.5 Å². The van der Waals surface area contributed by atoms with Gasteiger partial charge in [-0.3, -0.25) is 0 Å². The number of rotatable bonds is 1. The van der Waals surface area contributed by atoms with Crippen molar-refractivity contribution in [2.24, 2.45) is 0 Å². The van der Waals surface area contributed by atoms with E-state index in [-0.39, 0.29) is 0 Å². The van der Waals surface area contributed by atoms with Crippen LogP contribution in [-0.4, -0.2) is 22.6 Å². The van der Waals surface area contributed by atoms with Crippen molar-refractivity contribution in [1.29, 1.82) is 0 Å². The lowest BCUT2D eigenvalue weighted by molar-refractivity contribution is 0.121. The monoisotopic (exact) mass is 207 g/mol. The Hall–Kier alpha value is -2.24. The Morgan fingerprint density at radius 2 is 2.27 bits per heavy atom. The highest BCUT2D eigenvalue weighted by Crippen LogP contribution is 2.14. The van der Waals surface area contributed by atoms with Crippen LogP contribution in [0.2, 0.25) is 0 Å². The van der Waals surface area contributed by atoms with Gasteiger partial charge in [0.25, 0.3) is 0 Å². The average molecular weight is 207 g/mol. The van der Waals surface area contributed by atoms with E-state index in [0.29, 0.717) is 17.2 Å². The second kappa shape index (κ2) is 3.49. The second-order valence-corrected chi connectivity index (χ2v) is 2.85. The topological polar surface area (TPSA) is 78.8 Å². The fourth-order valence-electron chi connectivity index (χ4n) is 1.19. The van der Waals surface area contributed by atoms with Gasteiger partial charge in [0.1, 0.15) is 11.5 Å².